The molecule has 1 aromatic heterocycles. The van der Waals surface area contributed by atoms with Gasteiger partial charge in [0.15, 0.2) is 0 Å². The molecule has 0 unspecified atom stereocenters. The van der Waals surface area contributed by atoms with E-state index in [2.05, 4.69) is 131 Å². The molecule has 2 nitrogen and oxygen atoms in total. The van der Waals surface area contributed by atoms with Crippen molar-refractivity contribution in [2.24, 2.45) is 0 Å². The summed E-state index contributed by atoms with van der Waals surface area (Å²) >= 11 is 0. The first kappa shape index (κ1) is 20.5. The Morgan fingerprint density at radius 2 is 1.06 bits per heavy atom. The molecule has 7 aromatic rings. The molecule has 2 heteroatoms. The number of nitrogens with one attached hydrogen (secondary N) is 1. The van der Waals surface area contributed by atoms with Crippen LogP contribution in [0.4, 0.5) is 11.4 Å². The van der Waals surface area contributed by atoms with E-state index in [1.807, 2.05) is 18.2 Å². The van der Waals surface area contributed by atoms with Crippen LogP contribution in [0.15, 0.2) is 140 Å². The van der Waals surface area contributed by atoms with Crippen molar-refractivity contribution in [2.45, 2.75) is 0 Å². The second kappa shape index (κ2) is 8.44. The highest BCUT2D eigenvalue weighted by atomic mass is 15.0. The molecule has 0 bridgehead atoms. The molecule has 6 aromatic carbocycles. The van der Waals surface area contributed by atoms with Gasteiger partial charge in [-0.2, -0.15) is 0 Å². The quantitative estimate of drug-likeness (QED) is 0.277. The van der Waals surface area contributed by atoms with E-state index in [1.54, 1.807) is 0 Å². The van der Waals surface area contributed by atoms with E-state index < -0.39 is 0 Å². The largest absolute Gasteiger partial charge is 0.356 e. The van der Waals surface area contributed by atoms with E-state index in [-0.39, 0.29) is 0 Å². The van der Waals surface area contributed by atoms with Gasteiger partial charge in [0.2, 0.25) is 0 Å². The molecule has 0 aliphatic carbocycles. The summed E-state index contributed by atoms with van der Waals surface area (Å²) in [5.74, 6) is 0. The van der Waals surface area contributed by atoms with Crippen molar-refractivity contribution >= 4 is 44.0 Å². The molecule has 1 heterocycles. The molecule has 0 spiro atoms. The predicted molar refractivity (Wildman–Crippen MR) is 153 cm³/mol. The maximum absolute atomic E-state index is 3.49. The van der Waals surface area contributed by atoms with Gasteiger partial charge in [0, 0.05) is 27.8 Å². The summed E-state index contributed by atoms with van der Waals surface area (Å²) in [4.78, 5) is 0. The number of benzene rings is 6. The average Bonchev–Trinajstić information content (AvgIpc) is 3.27. The highest BCUT2D eigenvalue weighted by Crippen LogP contribution is 2.35. The maximum Gasteiger partial charge on any atom is 0.0541 e. The highest BCUT2D eigenvalue weighted by Gasteiger charge is 2.13. The molecule has 0 radical (unpaired) electrons. The van der Waals surface area contributed by atoms with Gasteiger partial charge in [-0.3, -0.25) is 0 Å². The van der Waals surface area contributed by atoms with Crippen molar-refractivity contribution in [2.75, 3.05) is 5.32 Å². The lowest BCUT2D eigenvalue weighted by Crippen LogP contribution is -1.92. The Morgan fingerprint density at radius 3 is 1.92 bits per heavy atom. The van der Waals surface area contributed by atoms with Gasteiger partial charge in [-0.25, -0.2) is 0 Å². The zero-order valence-corrected chi connectivity index (χ0v) is 19.7. The fraction of sp³-hybridized carbons (Fsp3) is 0. The first-order chi connectivity index (χ1) is 17.8. The maximum atomic E-state index is 3.49. The summed E-state index contributed by atoms with van der Waals surface area (Å²) in [7, 11) is 0. The van der Waals surface area contributed by atoms with Crippen LogP contribution in [0.25, 0.3) is 49.4 Å². The van der Waals surface area contributed by atoms with Gasteiger partial charge in [-0.05, 0) is 82.6 Å². The van der Waals surface area contributed by atoms with E-state index in [0.717, 1.165) is 11.4 Å². The Morgan fingerprint density at radius 1 is 0.417 bits per heavy atom. The van der Waals surface area contributed by atoms with Crippen LogP contribution in [0.1, 0.15) is 0 Å². The predicted octanol–water partition coefficient (Wildman–Crippen LogP) is 9.35. The van der Waals surface area contributed by atoms with Crippen LogP contribution in [-0.4, -0.2) is 4.57 Å². The number of hydrogen-bond acceptors (Lipinski definition) is 1. The van der Waals surface area contributed by atoms with Gasteiger partial charge < -0.3 is 9.88 Å². The van der Waals surface area contributed by atoms with Gasteiger partial charge in [0.1, 0.15) is 0 Å². The molecule has 1 N–H and O–H groups in total. The Hall–Kier alpha value is -4.82. The fourth-order valence-electron chi connectivity index (χ4n) is 5.20. The van der Waals surface area contributed by atoms with Crippen LogP contribution in [0, 0.1) is 0 Å². The van der Waals surface area contributed by atoms with Crippen LogP contribution in [0.2, 0.25) is 0 Å². The lowest BCUT2D eigenvalue weighted by atomic mass is 9.99. The Kier molecular flexibility index (Phi) is 4.82. The van der Waals surface area contributed by atoms with Crippen LogP contribution in [0.3, 0.4) is 0 Å². The molecule has 0 atom stereocenters. The molecule has 170 valence electrons. The standard InChI is InChI=1S/C34H24N2/c1-3-9-28(10-4-1)35-29-19-17-25-21-24(15-16-26(25)22-29)27-18-20-34-32(23-27)31-13-7-8-14-33(31)36(34)30-11-5-2-6-12-30/h1-23,35H. The van der Waals surface area contributed by atoms with Crippen LogP contribution in [-0.2, 0) is 0 Å². The SMILES string of the molecule is c1ccc(Nc2ccc3cc(-c4ccc5c(c4)c4ccccc4n5-c4ccccc4)ccc3c2)cc1. The van der Waals surface area contributed by atoms with Crippen LogP contribution < -0.4 is 5.32 Å². The van der Waals surface area contributed by atoms with Crippen LogP contribution >= 0.6 is 0 Å². The summed E-state index contributed by atoms with van der Waals surface area (Å²) in [5.41, 5.74) is 8.28. The van der Waals surface area contributed by atoms with Gasteiger partial charge in [-0.1, -0.05) is 78.9 Å². The van der Waals surface area contributed by atoms with Crippen molar-refractivity contribution in [1.29, 1.82) is 0 Å². The second-order valence-electron chi connectivity index (χ2n) is 9.19. The summed E-state index contributed by atoms with van der Waals surface area (Å²) in [6, 6.07) is 49.7. The molecule has 0 saturated heterocycles. The van der Waals surface area contributed by atoms with E-state index in [4.69, 9.17) is 0 Å². The van der Waals surface area contributed by atoms with Gasteiger partial charge in [0.25, 0.3) is 0 Å². The molecule has 36 heavy (non-hydrogen) atoms. The zero-order valence-electron chi connectivity index (χ0n) is 19.7. The second-order valence-corrected chi connectivity index (χ2v) is 9.19. The lowest BCUT2D eigenvalue weighted by Gasteiger charge is -2.10. The molecule has 0 saturated carbocycles. The molecule has 7 rings (SSSR count). The fourth-order valence-corrected chi connectivity index (χ4v) is 5.20. The monoisotopic (exact) mass is 460 g/mol. The summed E-state index contributed by atoms with van der Waals surface area (Å²) in [5, 5.41) is 8.50. The summed E-state index contributed by atoms with van der Waals surface area (Å²) < 4.78 is 2.36. The summed E-state index contributed by atoms with van der Waals surface area (Å²) in [6.45, 7) is 0. The minimum Gasteiger partial charge on any atom is -0.356 e. The Bertz CT molecular complexity index is 1850. The van der Waals surface area contributed by atoms with E-state index >= 15 is 0 Å². The van der Waals surface area contributed by atoms with Crippen molar-refractivity contribution in [3.8, 4) is 16.8 Å². The third kappa shape index (κ3) is 3.52. The van der Waals surface area contributed by atoms with E-state index in [0.29, 0.717) is 0 Å². The topological polar surface area (TPSA) is 17.0 Å². The molecule has 0 aliphatic rings. The molecule has 0 amide bonds. The third-order valence-electron chi connectivity index (χ3n) is 6.92. The smallest absolute Gasteiger partial charge is 0.0541 e. The minimum absolute atomic E-state index is 1.09. The van der Waals surface area contributed by atoms with Gasteiger partial charge in [-0.15, -0.1) is 0 Å². The molecule has 0 aliphatic heterocycles. The number of nitrogens with zero attached hydrogens (tertiary/aromatic N) is 1. The van der Waals surface area contributed by atoms with E-state index in [9.17, 15) is 0 Å². The number of para-hydroxylation sites is 3. The molecule has 0 fully saturated rings. The van der Waals surface area contributed by atoms with Crippen molar-refractivity contribution in [1.82, 2.24) is 4.57 Å². The molecular formula is C34H24N2. The first-order valence-corrected chi connectivity index (χ1v) is 12.3. The van der Waals surface area contributed by atoms with Gasteiger partial charge >= 0.3 is 0 Å². The zero-order chi connectivity index (χ0) is 23.9. The van der Waals surface area contributed by atoms with Crippen molar-refractivity contribution in [3.05, 3.63) is 140 Å². The number of anilines is 2. The molecular weight excluding hydrogens is 436 g/mol. The van der Waals surface area contributed by atoms with Crippen molar-refractivity contribution < 1.29 is 0 Å². The van der Waals surface area contributed by atoms with Gasteiger partial charge in [0.05, 0.1) is 11.0 Å². The number of hydrogen-bond donors (Lipinski definition) is 1. The van der Waals surface area contributed by atoms with Crippen molar-refractivity contribution in [3.63, 3.8) is 0 Å². The number of fused-ring (bicyclic) bond motifs is 4. The lowest BCUT2D eigenvalue weighted by molar-refractivity contribution is 1.18. The van der Waals surface area contributed by atoms with E-state index in [1.165, 1.54) is 49.4 Å². The normalized spacial score (nSPS) is 11.3. The minimum atomic E-state index is 1.09. The van der Waals surface area contributed by atoms with Crippen LogP contribution in [0.5, 0.6) is 0 Å². The Labute approximate surface area is 210 Å². The first-order valence-electron chi connectivity index (χ1n) is 12.3. The highest BCUT2D eigenvalue weighted by molar-refractivity contribution is 6.10. The Balaban J connectivity index is 1.31. The third-order valence-corrected chi connectivity index (χ3v) is 6.92. The number of rotatable bonds is 4. The summed E-state index contributed by atoms with van der Waals surface area (Å²) in [6.07, 6.45) is 0. The number of aromatic nitrogens is 1. The average molecular weight is 461 g/mol.